The number of amides is 2. The minimum absolute atomic E-state index is 0.131. The fraction of sp³-hybridized carbons (Fsp3) is 0.538. The van der Waals surface area contributed by atoms with Gasteiger partial charge in [-0.1, -0.05) is 6.92 Å². The number of primary amides is 1. The number of ether oxygens (including phenoxy) is 1. The van der Waals surface area contributed by atoms with Gasteiger partial charge in [0, 0.05) is 19.8 Å². The quantitative estimate of drug-likeness (QED) is 0.798. The largest absolute Gasteiger partial charge is 0.378 e. The summed E-state index contributed by atoms with van der Waals surface area (Å²) in [5.41, 5.74) is 6.16. The van der Waals surface area contributed by atoms with E-state index in [9.17, 15) is 9.59 Å². The summed E-state index contributed by atoms with van der Waals surface area (Å²) in [5, 5.41) is 2.80. The van der Waals surface area contributed by atoms with Gasteiger partial charge in [0.15, 0.2) is 0 Å². The van der Waals surface area contributed by atoms with Crippen LogP contribution in [0.15, 0.2) is 12.3 Å². The average Bonchev–Trinajstić information content (AvgIpc) is 2.79. The summed E-state index contributed by atoms with van der Waals surface area (Å²) >= 11 is 0. The number of nitrogens with two attached hydrogens (primary N) is 1. The maximum atomic E-state index is 12.3. The second-order valence-corrected chi connectivity index (χ2v) is 4.80. The molecule has 0 saturated carbocycles. The van der Waals surface area contributed by atoms with E-state index in [0.29, 0.717) is 24.6 Å². The van der Waals surface area contributed by atoms with Crippen LogP contribution in [0.4, 0.5) is 5.69 Å². The zero-order valence-electron chi connectivity index (χ0n) is 11.8. The molecule has 3 N–H and O–H groups in total. The third-order valence-corrected chi connectivity index (χ3v) is 3.47. The molecule has 0 radical (unpaired) electrons. The number of hydrogen-bond donors (Lipinski definition) is 2. The second-order valence-electron chi connectivity index (χ2n) is 4.80. The van der Waals surface area contributed by atoms with Crippen LogP contribution in [-0.4, -0.2) is 53.6 Å². The molecular formula is C13H20N4O3. The Morgan fingerprint density at radius 1 is 1.55 bits per heavy atom. The molecule has 2 amide bonds. The first-order valence-corrected chi connectivity index (χ1v) is 6.61. The second kappa shape index (κ2) is 6.06. The minimum Gasteiger partial charge on any atom is -0.378 e. The average molecular weight is 280 g/mol. The molecule has 1 aliphatic heterocycles. The van der Waals surface area contributed by atoms with Gasteiger partial charge in [0.25, 0.3) is 5.91 Å². The minimum atomic E-state index is -0.524. The van der Waals surface area contributed by atoms with Gasteiger partial charge < -0.3 is 20.4 Å². The van der Waals surface area contributed by atoms with Crippen molar-refractivity contribution in [1.29, 1.82) is 0 Å². The number of morpholine rings is 1. The Hall–Kier alpha value is -1.86. The predicted octanol–water partition coefficient (Wildman–Crippen LogP) is -0.217. The molecule has 2 heterocycles. The number of likely N-dealkylation sites (N-methyl/N-ethyl adjacent to an activating group) is 1. The molecule has 1 unspecified atom stereocenters. The Labute approximate surface area is 117 Å². The highest BCUT2D eigenvalue weighted by Crippen LogP contribution is 2.15. The maximum absolute atomic E-state index is 12.3. The number of hydrogen-bond acceptors (Lipinski definition) is 4. The van der Waals surface area contributed by atoms with E-state index < -0.39 is 5.91 Å². The summed E-state index contributed by atoms with van der Waals surface area (Å²) < 4.78 is 6.95. The predicted molar refractivity (Wildman–Crippen MR) is 74.4 cm³/mol. The third-order valence-electron chi connectivity index (χ3n) is 3.47. The summed E-state index contributed by atoms with van der Waals surface area (Å²) in [5.74, 6) is -0.655. The van der Waals surface area contributed by atoms with Gasteiger partial charge >= 0.3 is 0 Å². The van der Waals surface area contributed by atoms with Crippen LogP contribution in [0.25, 0.3) is 0 Å². The van der Waals surface area contributed by atoms with Gasteiger partial charge in [0.1, 0.15) is 11.7 Å². The molecule has 1 aromatic rings. The lowest BCUT2D eigenvalue weighted by molar-refractivity contribution is -0.127. The number of anilines is 1. The first-order chi connectivity index (χ1) is 9.52. The summed E-state index contributed by atoms with van der Waals surface area (Å²) in [7, 11) is 1.71. The fourth-order valence-corrected chi connectivity index (χ4v) is 2.36. The number of rotatable bonds is 4. The molecule has 2 rings (SSSR count). The monoisotopic (exact) mass is 280 g/mol. The molecule has 7 heteroatoms. The van der Waals surface area contributed by atoms with Crippen molar-refractivity contribution in [1.82, 2.24) is 9.47 Å². The van der Waals surface area contributed by atoms with Crippen LogP contribution < -0.4 is 11.1 Å². The highest BCUT2D eigenvalue weighted by atomic mass is 16.5. The molecule has 0 spiro atoms. The van der Waals surface area contributed by atoms with Gasteiger partial charge in [-0.25, -0.2) is 0 Å². The fourth-order valence-electron chi connectivity index (χ4n) is 2.36. The number of carbonyl (C=O) groups excluding carboxylic acids is 2. The van der Waals surface area contributed by atoms with E-state index >= 15 is 0 Å². The van der Waals surface area contributed by atoms with Crippen molar-refractivity contribution in [3.8, 4) is 0 Å². The highest BCUT2D eigenvalue weighted by molar-refractivity contribution is 5.97. The van der Waals surface area contributed by atoms with E-state index in [-0.39, 0.29) is 11.9 Å². The van der Waals surface area contributed by atoms with Crippen molar-refractivity contribution >= 4 is 17.5 Å². The number of nitrogens with zero attached hydrogens (tertiary/aromatic N) is 2. The van der Waals surface area contributed by atoms with Crippen molar-refractivity contribution < 1.29 is 14.3 Å². The van der Waals surface area contributed by atoms with Gasteiger partial charge in [-0.2, -0.15) is 0 Å². The Kier molecular flexibility index (Phi) is 4.41. The molecule has 0 aromatic carbocycles. The molecule has 20 heavy (non-hydrogen) atoms. The summed E-state index contributed by atoms with van der Waals surface area (Å²) in [6.07, 6.45) is 1.66. The highest BCUT2D eigenvalue weighted by Gasteiger charge is 2.28. The standard InChI is InChI=1S/C13H20N4O3/c1-3-17-4-5-20-8-11(17)13(19)15-9-6-10(12(14)18)16(2)7-9/h6-7,11H,3-5,8H2,1-2H3,(H2,14,18)(H,15,19). The van der Waals surface area contributed by atoms with Crippen LogP contribution >= 0.6 is 0 Å². The number of carbonyl (C=O) groups is 2. The molecule has 0 bridgehead atoms. The van der Waals surface area contributed by atoms with Crippen LogP contribution in [0.2, 0.25) is 0 Å². The van der Waals surface area contributed by atoms with Crippen LogP contribution in [-0.2, 0) is 16.6 Å². The molecule has 0 aliphatic carbocycles. The lowest BCUT2D eigenvalue weighted by atomic mass is 10.2. The Morgan fingerprint density at radius 2 is 2.30 bits per heavy atom. The first-order valence-electron chi connectivity index (χ1n) is 6.61. The number of nitrogens with one attached hydrogen (secondary N) is 1. The Bertz CT molecular complexity index is 512. The van der Waals surface area contributed by atoms with Gasteiger partial charge in [0.05, 0.1) is 18.9 Å². The van der Waals surface area contributed by atoms with Gasteiger partial charge in [0.2, 0.25) is 5.91 Å². The topological polar surface area (TPSA) is 89.6 Å². The van der Waals surface area contributed by atoms with E-state index in [1.807, 2.05) is 6.92 Å². The van der Waals surface area contributed by atoms with Crippen LogP contribution in [0.1, 0.15) is 17.4 Å². The van der Waals surface area contributed by atoms with E-state index in [4.69, 9.17) is 10.5 Å². The summed E-state index contributed by atoms with van der Waals surface area (Å²) in [6.45, 7) is 4.59. The van der Waals surface area contributed by atoms with Crippen LogP contribution in [0, 0.1) is 0 Å². The van der Waals surface area contributed by atoms with Gasteiger partial charge in [-0.15, -0.1) is 0 Å². The Balaban J connectivity index is 2.07. The molecule has 1 saturated heterocycles. The van der Waals surface area contributed by atoms with E-state index in [2.05, 4.69) is 10.2 Å². The lowest BCUT2D eigenvalue weighted by Crippen LogP contribution is -2.51. The van der Waals surface area contributed by atoms with Crippen molar-refractivity contribution in [2.45, 2.75) is 13.0 Å². The van der Waals surface area contributed by atoms with E-state index in [0.717, 1.165) is 13.1 Å². The third kappa shape index (κ3) is 3.00. The molecule has 1 atom stereocenters. The molecule has 7 nitrogen and oxygen atoms in total. The van der Waals surface area contributed by atoms with Crippen molar-refractivity contribution in [2.75, 3.05) is 31.6 Å². The van der Waals surface area contributed by atoms with Crippen molar-refractivity contribution in [2.24, 2.45) is 12.8 Å². The molecule has 110 valence electrons. The maximum Gasteiger partial charge on any atom is 0.265 e. The van der Waals surface area contributed by atoms with Crippen LogP contribution in [0.5, 0.6) is 0 Å². The molecular weight excluding hydrogens is 260 g/mol. The lowest BCUT2D eigenvalue weighted by Gasteiger charge is -2.33. The summed E-state index contributed by atoms with van der Waals surface area (Å²) in [6, 6.07) is 1.27. The molecule has 1 aromatic heterocycles. The van der Waals surface area contributed by atoms with Gasteiger partial charge in [-0.3, -0.25) is 14.5 Å². The number of aryl methyl sites for hydroxylation is 1. The van der Waals surface area contributed by atoms with E-state index in [1.165, 1.54) is 0 Å². The van der Waals surface area contributed by atoms with Crippen LogP contribution in [0.3, 0.4) is 0 Å². The molecule has 1 fully saturated rings. The zero-order chi connectivity index (χ0) is 14.7. The van der Waals surface area contributed by atoms with Gasteiger partial charge in [-0.05, 0) is 12.6 Å². The smallest absolute Gasteiger partial charge is 0.265 e. The first kappa shape index (κ1) is 14.5. The van der Waals surface area contributed by atoms with E-state index in [1.54, 1.807) is 23.9 Å². The normalized spacial score (nSPS) is 19.8. The Morgan fingerprint density at radius 3 is 2.90 bits per heavy atom. The summed E-state index contributed by atoms with van der Waals surface area (Å²) in [4.78, 5) is 25.5. The van der Waals surface area contributed by atoms with Crippen molar-refractivity contribution in [3.63, 3.8) is 0 Å². The zero-order valence-corrected chi connectivity index (χ0v) is 11.8. The van der Waals surface area contributed by atoms with Crippen molar-refractivity contribution in [3.05, 3.63) is 18.0 Å². The SMILES string of the molecule is CCN1CCOCC1C(=O)Nc1cc(C(N)=O)n(C)c1. The number of aromatic nitrogens is 1. The molecule has 1 aliphatic rings.